The van der Waals surface area contributed by atoms with Crippen LogP contribution in [-0.4, -0.2) is 24.3 Å². The minimum atomic E-state index is -0.608. The molecule has 1 aromatic heterocycles. The van der Waals surface area contributed by atoms with Crippen LogP contribution >= 0.6 is 11.3 Å². The van der Waals surface area contributed by atoms with E-state index in [1.54, 1.807) is 0 Å². The van der Waals surface area contributed by atoms with Crippen molar-refractivity contribution in [3.8, 4) is 0 Å². The number of nitrogens with two attached hydrogens (primary N) is 1. The van der Waals surface area contributed by atoms with Crippen LogP contribution in [0.25, 0.3) is 10.1 Å². The third-order valence-corrected chi connectivity index (χ3v) is 6.23. The highest BCUT2D eigenvalue weighted by Gasteiger charge is 2.28. The normalized spacial score (nSPS) is 20.5. The van der Waals surface area contributed by atoms with E-state index in [1.807, 2.05) is 30.3 Å². The molecule has 1 amide bonds. The Morgan fingerprint density at radius 3 is 2.86 bits per heavy atom. The monoisotopic (exact) mass is 399 g/mol. The molecule has 1 aliphatic carbocycles. The Morgan fingerprint density at radius 2 is 2.11 bits per heavy atom. The maximum atomic E-state index is 15.4. The zero-order valence-electron chi connectivity index (χ0n) is 15.4. The number of benzene rings is 1. The van der Waals surface area contributed by atoms with Gasteiger partial charge < -0.3 is 15.8 Å². The zero-order valence-corrected chi connectivity index (χ0v) is 16.2. The van der Waals surface area contributed by atoms with Gasteiger partial charge in [-0.25, -0.2) is 4.39 Å². The largest absolute Gasteiger partial charge is 0.401 e. The van der Waals surface area contributed by atoms with Crippen LogP contribution in [0, 0.1) is 5.41 Å². The summed E-state index contributed by atoms with van der Waals surface area (Å²) in [5.41, 5.74) is 6.84. The Labute approximate surface area is 166 Å². The van der Waals surface area contributed by atoms with E-state index in [4.69, 9.17) is 15.9 Å². The molecular weight excluding hydrogens is 377 g/mol. The van der Waals surface area contributed by atoms with Crippen molar-refractivity contribution in [2.24, 2.45) is 5.73 Å². The van der Waals surface area contributed by atoms with Gasteiger partial charge in [-0.3, -0.25) is 10.2 Å². The zero-order chi connectivity index (χ0) is 19.7. The molecule has 0 spiro atoms. The van der Waals surface area contributed by atoms with Crippen molar-refractivity contribution in [1.29, 1.82) is 5.41 Å². The molecule has 2 heterocycles. The highest BCUT2D eigenvalue weighted by atomic mass is 32.1. The number of nitrogens with one attached hydrogen (secondary N) is 2. The van der Waals surface area contributed by atoms with E-state index < -0.39 is 11.9 Å². The van der Waals surface area contributed by atoms with Gasteiger partial charge in [0.05, 0.1) is 21.9 Å². The summed E-state index contributed by atoms with van der Waals surface area (Å²) in [4.78, 5) is 13.0. The molecule has 1 saturated heterocycles. The van der Waals surface area contributed by atoms with E-state index >= 15 is 4.39 Å². The van der Waals surface area contributed by atoms with Crippen molar-refractivity contribution in [3.05, 3.63) is 58.0 Å². The molecule has 4 N–H and O–H groups in total. The second-order valence-corrected chi connectivity index (χ2v) is 8.14. The molecule has 2 aliphatic rings. The maximum Gasteiger partial charge on any atom is 0.253 e. The fourth-order valence-corrected chi connectivity index (χ4v) is 4.63. The number of ether oxygens (including phenoxy) is 1. The van der Waals surface area contributed by atoms with E-state index in [0.29, 0.717) is 42.9 Å². The number of hydrogen-bond acceptors (Lipinski definition) is 5. The van der Waals surface area contributed by atoms with Crippen LogP contribution in [-0.2, 0) is 9.53 Å². The van der Waals surface area contributed by atoms with E-state index in [-0.39, 0.29) is 22.9 Å². The van der Waals surface area contributed by atoms with E-state index in [2.05, 4.69) is 5.32 Å². The first-order valence-corrected chi connectivity index (χ1v) is 10.2. The molecule has 1 aliphatic heterocycles. The Bertz CT molecular complexity index is 969. The summed E-state index contributed by atoms with van der Waals surface area (Å²) in [6.07, 6.45) is 2.40. The van der Waals surface area contributed by atoms with Crippen LogP contribution in [0.4, 0.5) is 4.39 Å². The first-order chi connectivity index (χ1) is 13.5. The molecule has 1 unspecified atom stereocenters. The molecule has 1 atom stereocenters. The number of carbonyl (C=O) groups is 1. The summed E-state index contributed by atoms with van der Waals surface area (Å²) in [7, 11) is 0. The van der Waals surface area contributed by atoms with E-state index in [1.165, 1.54) is 11.3 Å². The number of amides is 1. The number of hydrogen-bond donors (Lipinski definition) is 3. The molecule has 7 heteroatoms. The second kappa shape index (κ2) is 7.85. The summed E-state index contributed by atoms with van der Waals surface area (Å²) in [5.74, 6) is -0.931. The van der Waals surface area contributed by atoms with Gasteiger partial charge in [-0.15, -0.1) is 11.3 Å². The molecule has 0 radical (unpaired) electrons. The average Bonchev–Trinajstić information content (AvgIpc) is 3.34. The Morgan fingerprint density at radius 1 is 1.29 bits per heavy atom. The lowest BCUT2D eigenvalue weighted by atomic mass is 10.0. The first kappa shape index (κ1) is 18.8. The molecule has 0 saturated carbocycles. The van der Waals surface area contributed by atoms with Crippen molar-refractivity contribution in [2.45, 2.75) is 38.2 Å². The standard InChI is InChI=1S/C21H22FN3O2S/c22-19-14(25-21(26)15-8-4-10-27-15)7-3-6-13(23)18(19)20(24)17-11-12-5-1-2-9-16(12)28-17/h1-2,5,9,11,15,24H,3-4,6-8,10,23H2,(H,25,26). The molecule has 0 bridgehead atoms. The molecule has 28 heavy (non-hydrogen) atoms. The van der Waals surface area contributed by atoms with Crippen molar-refractivity contribution < 1.29 is 13.9 Å². The van der Waals surface area contributed by atoms with Gasteiger partial charge in [0, 0.05) is 17.0 Å². The van der Waals surface area contributed by atoms with Gasteiger partial charge >= 0.3 is 0 Å². The van der Waals surface area contributed by atoms with Crippen LogP contribution in [0.15, 0.2) is 53.1 Å². The van der Waals surface area contributed by atoms with Gasteiger partial charge in [-0.2, -0.15) is 0 Å². The number of rotatable bonds is 4. The fourth-order valence-electron chi connectivity index (χ4n) is 3.61. The molecule has 5 nitrogen and oxygen atoms in total. The number of thiophene rings is 1. The summed E-state index contributed by atoms with van der Waals surface area (Å²) in [5, 5.41) is 12.3. The third kappa shape index (κ3) is 3.59. The minimum absolute atomic E-state index is 0.0574. The lowest BCUT2D eigenvalue weighted by Crippen LogP contribution is -2.34. The summed E-state index contributed by atoms with van der Waals surface area (Å²) >= 11 is 1.43. The maximum absolute atomic E-state index is 15.4. The number of allylic oxidation sites excluding steroid dienone is 4. The Kier molecular flexibility index (Phi) is 5.28. The molecule has 4 rings (SSSR count). The van der Waals surface area contributed by atoms with Crippen LogP contribution < -0.4 is 11.1 Å². The second-order valence-electron chi connectivity index (χ2n) is 7.06. The van der Waals surface area contributed by atoms with Crippen LogP contribution in [0.3, 0.4) is 0 Å². The Hall–Kier alpha value is -2.51. The van der Waals surface area contributed by atoms with Gasteiger partial charge in [0.1, 0.15) is 6.10 Å². The van der Waals surface area contributed by atoms with Gasteiger partial charge in [-0.1, -0.05) is 18.2 Å². The summed E-state index contributed by atoms with van der Waals surface area (Å²) < 4.78 is 21.8. The van der Waals surface area contributed by atoms with Crippen molar-refractivity contribution in [1.82, 2.24) is 5.32 Å². The van der Waals surface area contributed by atoms with Crippen LogP contribution in [0.1, 0.15) is 37.0 Å². The van der Waals surface area contributed by atoms with Crippen LogP contribution in [0.5, 0.6) is 0 Å². The molecule has 2 aromatic rings. The van der Waals surface area contributed by atoms with Gasteiger partial charge in [0.2, 0.25) is 0 Å². The van der Waals surface area contributed by atoms with Gasteiger partial charge in [-0.05, 0) is 49.6 Å². The summed E-state index contributed by atoms with van der Waals surface area (Å²) in [6.45, 7) is 0.550. The smallest absolute Gasteiger partial charge is 0.253 e. The number of carbonyl (C=O) groups excluding carboxylic acids is 1. The van der Waals surface area contributed by atoms with E-state index in [9.17, 15) is 4.79 Å². The molecule has 146 valence electrons. The lowest BCUT2D eigenvalue weighted by molar-refractivity contribution is -0.129. The number of fused-ring (bicyclic) bond motifs is 1. The molecule has 1 aromatic carbocycles. The topological polar surface area (TPSA) is 88.2 Å². The van der Waals surface area contributed by atoms with Gasteiger partial charge in [0.15, 0.2) is 5.83 Å². The SMILES string of the molecule is N=C(C1=C(N)CCCC(NC(=O)C2CCCO2)=C1F)c1cc2ccccc2s1. The number of halogens is 1. The highest BCUT2D eigenvalue weighted by Crippen LogP contribution is 2.33. The van der Waals surface area contributed by atoms with Gasteiger partial charge in [0.25, 0.3) is 5.91 Å². The van der Waals surface area contributed by atoms with Crippen molar-refractivity contribution in [2.75, 3.05) is 6.61 Å². The predicted molar refractivity (Wildman–Crippen MR) is 109 cm³/mol. The average molecular weight is 399 g/mol. The Balaban J connectivity index is 1.66. The van der Waals surface area contributed by atoms with E-state index in [0.717, 1.165) is 16.5 Å². The lowest BCUT2D eigenvalue weighted by Gasteiger charge is -2.15. The summed E-state index contributed by atoms with van der Waals surface area (Å²) in [6, 6.07) is 9.69. The van der Waals surface area contributed by atoms with Crippen LogP contribution in [0.2, 0.25) is 0 Å². The predicted octanol–water partition coefficient (Wildman–Crippen LogP) is 4.14. The van der Waals surface area contributed by atoms with Crippen molar-refractivity contribution >= 4 is 33.0 Å². The molecule has 1 fully saturated rings. The first-order valence-electron chi connectivity index (χ1n) is 9.42. The van der Waals surface area contributed by atoms with Crippen molar-refractivity contribution in [3.63, 3.8) is 0 Å². The fraction of sp³-hybridized carbons (Fsp3) is 0.333. The third-order valence-electron chi connectivity index (χ3n) is 5.10. The highest BCUT2D eigenvalue weighted by molar-refractivity contribution is 7.21. The minimum Gasteiger partial charge on any atom is -0.401 e. The quantitative estimate of drug-likeness (QED) is 0.675. The molecular formula is C21H22FN3O2S.